The van der Waals surface area contributed by atoms with Crippen molar-refractivity contribution >= 4 is 17.7 Å². The van der Waals surface area contributed by atoms with Crippen LogP contribution in [0.3, 0.4) is 0 Å². The fourth-order valence-electron chi connectivity index (χ4n) is 4.53. The molecule has 0 aliphatic carbocycles. The number of anilines is 1. The summed E-state index contributed by atoms with van der Waals surface area (Å²) in [6, 6.07) is 3.52. The molecule has 1 aliphatic rings. The van der Waals surface area contributed by atoms with Crippen molar-refractivity contribution in [2.24, 2.45) is 0 Å². The van der Waals surface area contributed by atoms with Crippen molar-refractivity contribution in [3.63, 3.8) is 0 Å². The first-order chi connectivity index (χ1) is 19.0. The smallest absolute Gasteiger partial charge is 0.417 e. The highest BCUT2D eigenvalue weighted by atomic mass is 19.4. The van der Waals surface area contributed by atoms with E-state index in [1.165, 1.54) is 5.56 Å². The van der Waals surface area contributed by atoms with Crippen LogP contribution < -0.4 is 10.6 Å². The molecule has 0 spiro atoms. The number of nitrogens with one attached hydrogen (secondary N) is 2. The van der Waals surface area contributed by atoms with Gasteiger partial charge < -0.3 is 25.4 Å². The molecule has 9 nitrogen and oxygen atoms in total. The van der Waals surface area contributed by atoms with Gasteiger partial charge >= 0.3 is 12.1 Å². The number of unbranched alkanes of at least 4 members (excludes halogenated alkanes) is 1. The average molecular weight is 566 g/mol. The van der Waals surface area contributed by atoms with Gasteiger partial charge in [0.2, 0.25) is 0 Å². The zero-order chi connectivity index (χ0) is 29.1. The van der Waals surface area contributed by atoms with E-state index in [1.54, 1.807) is 0 Å². The second-order valence-electron chi connectivity index (χ2n) is 10.1. The number of carboxylic acid groups (broad SMARTS) is 1. The first-order valence-electron chi connectivity index (χ1n) is 13.7. The SMILES string of the molecule is CC(C)OCCN(CCCCc1ccc2c(n1)NCCC2)CCC(NC(=O)c1cnccc1C(F)(F)F)C(=O)O. The molecule has 3 N–H and O–H groups in total. The van der Waals surface area contributed by atoms with Crippen LogP contribution in [0.15, 0.2) is 30.6 Å². The summed E-state index contributed by atoms with van der Waals surface area (Å²) in [6.07, 6.45) is 1.68. The topological polar surface area (TPSA) is 117 Å². The van der Waals surface area contributed by atoms with Crippen molar-refractivity contribution in [2.45, 2.75) is 70.7 Å². The zero-order valence-electron chi connectivity index (χ0n) is 23.0. The maximum atomic E-state index is 13.3. The lowest BCUT2D eigenvalue weighted by atomic mass is 10.1. The molecular formula is C28H38F3N5O4. The average Bonchev–Trinajstić information content (AvgIpc) is 2.91. The minimum absolute atomic E-state index is 0.0163. The molecule has 3 heterocycles. The van der Waals surface area contributed by atoms with E-state index in [2.05, 4.69) is 32.7 Å². The van der Waals surface area contributed by atoms with Crippen molar-refractivity contribution in [3.8, 4) is 0 Å². The number of pyridine rings is 2. The molecule has 0 saturated carbocycles. The number of halogens is 3. The van der Waals surface area contributed by atoms with Crippen LogP contribution in [0.4, 0.5) is 19.0 Å². The first-order valence-corrected chi connectivity index (χ1v) is 13.7. The number of carbonyl (C=O) groups excluding carboxylic acids is 1. The number of hydrogen-bond donors (Lipinski definition) is 3. The number of rotatable bonds is 15. The fraction of sp³-hybridized carbons (Fsp3) is 0.571. The predicted octanol–water partition coefficient (Wildman–Crippen LogP) is 4.18. The second-order valence-corrected chi connectivity index (χ2v) is 10.1. The normalized spacial score (nSPS) is 14.1. The molecule has 0 fully saturated rings. The van der Waals surface area contributed by atoms with Crippen LogP contribution in [0.25, 0.3) is 0 Å². The lowest BCUT2D eigenvalue weighted by Gasteiger charge is -2.25. The Kier molecular flexibility index (Phi) is 11.7. The molecule has 2 aromatic heterocycles. The van der Waals surface area contributed by atoms with E-state index in [4.69, 9.17) is 9.72 Å². The molecule has 0 radical (unpaired) electrons. The van der Waals surface area contributed by atoms with Gasteiger partial charge in [-0.15, -0.1) is 0 Å². The number of fused-ring (bicyclic) bond motifs is 1. The highest BCUT2D eigenvalue weighted by Crippen LogP contribution is 2.31. The molecule has 40 heavy (non-hydrogen) atoms. The molecule has 0 bridgehead atoms. The highest BCUT2D eigenvalue weighted by molar-refractivity contribution is 5.97. The van der Waals surface area contributed by atoms with Gasteiger partial charge in [-0.2, -0.15) is 13.2 Å². The Morgan fingerprint density at radius 1 is 1.18 bits per heavy atom. The monoisotopic (exact) mass is 565 g/mol. The fourth-order valence-corrected chi connectivity index (χ4v) is 4.53. The maximum Gasteiger partial charge on any atom is 0.417 e. The van der Waals surface area contributed by atoms with Gasteiger partial charge in [0.1, 0.15) is 11.9 Å². The Hall–Kier alpha value is -3.25. The van der Waals surface area contributed by atoms with Crippen LogP contribution in [0.2, 0.25) is 0 Å². The van der Waals surface area contributed by atoms with E-state index >= 15 is 0 Å². The predicted molar refractivity (Wildman–Crippen MR) is 144 cm³/mol. The van der Waals surface area contributed by atoms with Gasteiger partial charge in [-0.05, 0) is 76.6 Å². The van der Waals surface area contributed by atoms with Gasteiger partial charge in [-0.25, -0.2) is 9.78 Å². The van der Waals surface area contributed by atoms with Crippen LogP contribution in [-0.4, -0.2) is 76.8 Å². The molecule has 12 heteroatoms. The number of nitrogens with zero attached hydrogens (tertiary/aromatic N) is 3. The number of ether oxygens (including phenoxy) is 1. The zero-order valence-corrected chi connectivity index (χ0v) is 23.0. The minimum Gasteiger partial charge on any atom is -0.480 e. The molecular weight excluding hydrogens is 527 g/mol. The summed E-state index contributed by atoms with van der Waals surface area (Å²) in [5, 5.41) is 15.3. The Morgan fingerprint density at radius 2 is 1.98 bits per heavy atom. The Balaban J connectivity index is 1.56. The Morgan fingerprint density at radius 3 is 2.70 bits per heavy atom. The quantitative estimate of drug-likeness (QED) is 0.276. The van der Waals surface area contributed by atoms with E-state index in [9.17, 15) is 27.9 Å². The summed E-state index contributed by atoms with van der Waals surface area (Å²) >= 11 is 0. The number of carbonyl (C=O) groups is 2. The molecule has 1 amide bonds. The lowest BCUT2D eigenvalue weighted by molar-refractivity contribution is -0.139. The third-order valence-corrected chi connectivity index (χ3v) is 6.68. The first kappa shape index (κ1) is 31.3. The summed E-state index contributed by atoms with van der Waals surface area (Å²) in [4.78, 5) is 34.9. The molecule has 3 rings (SSSR count). The van der Waals surface area contributed by atoms with Crippen molar-refractivity contribution in [3.05, 3.63) is 53.0 Å². The maximum absolute atomic E-state index is 13.3. The molecule has 0 aromatic carbocycles. The van der Waals surface area contributed by atoms with Gasteiger partial charge in [-0.3, -0.25) is 9.78 Å². The van der Waals surface area contributed by atoms with E-state index in [1.807, 2.05) is 13.8 Å². The Labute approximate surface area is 232 Å². The molecule has 1 unspecified atom stereocenters. The molecule has 0 saturated heterocycles. The number of aliphatic carboxylic acids is 1. The third-order valence-electron chi connectivity index (χ3n) is 6.68. The standard InChI is InChI=1S/C28H38F3N5O4/c1-19(2)40-17-16-36(14-4-3-7-21-9-8-20-6-5-12-33-25(20)34-21)15-11-24(27(38)39)35-26(37)22-18-32-13-10-23(22)28(29,30)31/h8-10,13,18-19,24H,3-7,11-12,14-17H2,1-2H3,(H,33,34)(H,35,37)(H,38,39). The molecule has 220 valence electrons. The lowest BCUT2D eigenvalue weighted by Crippen LogP contribution is -2.44. The van der Waals surface area contributed by atoms with Crippen molar-refractivity contribution < 1.29 is 32.6 Å². The summed E-state index contributed by atoms with van der Waals surface area (Å²) in [5.74, 6) is -1.49. The van der Waals surface area contributed by atoms with E-state index in [0.29, 0.717) is 32.3 Å². The number of hydrogen-bond acceptors (Lipinski definition) is 7. The summed E-state index contributed by atoms with van der Waals surface area (Å²) in [6.45, 7) is 6.78. The van der Waals surface area contributed by atoms with Crippen LogP contribution in [-0.2, 0) is 28.5 Å². The summed E-state index contributed by atoms with van der Waals surface area (Å²) in [5.41, 5.74) is 0.380. The molecule has 2 aromatic rings. The van der Waals surface area contributed by atoms with E-state index in [-0.39, 0.29) is 12.5 Å². The number of aryl methyl sites for hydroxylation is 2. The Bertz CT molecular complexity index is 1130. The van der Waals surface area contributed by atoms with Crippen molar-refractivity contribution in [1.82, 2.24) is 20.2 Å². The number of carboxylic acids is 1. The summed E-state index contributed by atoms with van der Waals surface area (Å²) in [7, 11) is 0. The van der Waals surface area contributed by atoms with E-state index in [0.717, 1.165) is 62.6 Å². The van der Waals surface area contributed by atoms with Gasteiger partial charge in [0.25, 0.3) is 5.91 Å². The van der Waals surface area contributed by atoms with Crippen LogP contribution >= 0.6 is 0 Å². The third kappa shape index (κ3) is 9.74. The second kappa shape index (κ2) is 14.9. The van der Waals surface area contributed by atoms with Crippen LogP contribution in [0.1, 0.15) is 66.7 Å². The highest BCUT2D eigenvalue weighted by Gasteiger charge is 2.36. The van der Waals surface area contributed by atoms with Gasteiger partial charge in [0.15, 0.2) is 0 Å². The van der Waals surface area contributed by atoms with Crippen molar-refractivity contribution in [2.75, 3.05) is 38.1 Å². The van der Waals surface area contributed by atoms with Gasteiger partial charge in [-0.1, -0.05) is 6.07 Å². The van der Waals surface area contributed by atoms with Gasteiger partial charge in [0.05, 0.1) is 23.8 Å². The van der Waals surface area contributed by atoms with Gasteiger partial charge in [0, 0.05) is 37.7 Å². The number of alkyl halides is 3. The largest absolute Gasteiger partial charge is 0.480 e. The number of amides is 1. The summed E-state index contributed by atoms with van der Waals surface area (Å²) < 4.78 is 45.6. The van der Waals surface area contributed by atoms with Crippen molar-refractivity contribution in [1.29, 1.82) is 0 Å². The van der Waals surface area contributed by atoms with E-state index < -0.39 is 35.2 Å². The molecule has 1 atom stereocenters. The molecule has 1 aliphatic heterocycles. The minimum atomic E-state index is -4.77. The van der Waals surface area contributed by atoms with Crippen LogP contribution in [0, 0.1) is 0 Å². The van der Waals surface area contributed by atoms with Crippen LogP contribution in [0.5, 0.6) is 0 Å². The number of aromatic nitrogens is 2.